The normalized spacial score (nSPS) is 27.4. The molecule has 0 saturated heterocycles. The summed E-state index contributed by atoms with van der Waals surface area (Å²) in [5.74, 6) is 1.49. The Morgan fingerprint density at radius 1 is 0.958 bits per heavy atom. The summed E-state index contributed by atoms with van der Waals surface area (Å²) >= 11 is 0. The van der Waals surface area contributed by atoms with Crippen LogP contribution in [0, 0.1) is 11.8 Å². The van der Waals surface area contributed by atoms with Gasteiger partial charge in [-0.15, -0.1) is 0 Å². The number of fused-ring (bicyclic) bond motifs is 4. The minimum Gasteiger partial charge on any atom is -0.0842 e. The van der Waals surface area contributed by atoms with E-state index in [1.807, 2.05) is 0 Å². The fourth-order valence-corrected chi connectivity index (χ4v) is 4.78. The van der Waals surface area contributed by atoms with Gasteiger partial charge in [0.25, 0.3) is 0 Å². The maximum absolute atomic E-state index is 2.46. The molecule has 1 aromatic rings. The third-order valence-corrected chi connectivity index (χ3v) is 6.20. The molecular formula is C24H24. The van der Waals surface area contributed by atoms with Crippen molar-refractivity contribution in [1.82, 2.24) is 0 Å². The highest BCUT2D eigenvalue weighted by molar-refractivity contribution is 5.81. The lowest BCUT2D eigenvalue weighted by atomic mass is 9.75. The topological polar surface area (TPSA) is 0 Å². The van der Waals surface area contributed by atoms with Gasteiger partial charge in [0.1, 0.15) is 0 Å². The summed E-state index contributed by atoms with van der Waals surface area (Å²) in [5, 5.41) is 0. The first-order valence-corrected chi connectivity index (χ1v) is 9.47. The summed E-state index contributed by atoms with van der Waals surface area (Å²) in [5.41, 5.74) is 8.97. The third kappa shape index (κ3) is 2.36. The van der Waals surface area contributed by atoms with Crippen LogP contribution in [0.5, 0.6) is 0 Å². The van der Waals surface area contributed by atoms with Gasteiger partial charge >= 0.3 is 0 Å². The fraction of sp³-hybridized carbons (Fsp3) is 0.333. The van der Waals surface area contributed by atoms with Crippen LogP contribution in [0.15, 0.2) is 66.3 Å². The highest BCUT2D eigenvalue weighted by atomic mass is 14.3. The molecule has 4 aliphatic carbocycles. The quantitative estimate of drug-likeness (QED) is 0.573. The number of aryl methyl sites for hydroxylation is 1. The molecule has 4 aliphatic rings. The van der Waals surface area contributed by atoms with E-state index < -0.39 is 0 Å². The molecule has 0 amide bonds. The molecule has 0 fully saturated rings. The highest BCUT2D eigenvalue weighted by Gasteiger charge is 2.25. The predicted octanol–water partition coefficient (Wildman–Crippen LogP) is 6.27. The molecule has 2 atom stereocenters. The minimum absolute atomic E-state index is 0.738. The van der Waals surface area contributed by atoms with Crippen LogP contribution in [0.2, 0.25) is 0 Å². The van der Waals surface area contributed by atoms with E-state index in [-0.39, 0.29) is 0 Å². The molecule has 24 heavy (non-hydrogen) atoms. The number of benzene rings is 1. The Morgan fingerprint density at radius 2 is 1.96 bits per heavy atom. The summed E-state index contributed by atoms with van der Waals surface area (Å²) in [6.07, 6.45) is 24.0. The van der Waals surface area contributed by atoms with Crippen molar-refractivity contribution >= 4 is 11.1 Å². The lowest BCUT2D eigenvalue weighted by Crippen LogP contribution is -2.14. The van der Waals surface area contributed by atoms with Crippen molar-refractivity contribution in [3.05, 3.63) is 83.0 Å². The van der Waals surface area contributed by atoms with Crippen molar-refractivity contribution in [3.8, 4) is 0 Å². The first kappa shape index (κ1) is 14.3. The van der Waals surface area contributed by atoms with Crippen LogP contribution >= 0.6 is 0 Å². The minimum atomic E-state index is 0.738. The second kappa shape index (κ2) is 5.77. The van der Waals surface area contributed by atoms with E-state index in [1.54, 1.807) is 5.57 Å². The molecule has 0 nitrogen and oxygen atoms in total. The van der Waals surface area contributed by atoms with Crippen LogP contribution in [0.1, 0.15) is 48.8 Å². The number of hydrogen-bond acceptors (Lipinski definition) is 0. The van der Waals surface area contributed by atoms with Gasteiger partial charge in [-0.3, -0.25) is 0 Å². The van der Waals surface area contributed by atoms with Gasteiger partial charge < -0.3 is 0 Å². The van der Waals surface area contributed by atoms with Crippen molar-refractivity contribution < 1.29 is 0 Å². The van der Waals surface area contributed by atoms with Gasteiger partial charge in [0.05, 0.1) is 0 Å². The molecule has 120 valence electrons. The summed E-state index contributed by atoms with van der Waals surface area (Å²) in [6.45, 7) is 0. The highest BCUT2D eigenvalue weighted by Crippen LogP contribution is 2.41. The smallest absolute Gasteiger partial charge is 0.0118 e. The molecule has 0 aliphatic heterocycles. The summed E-state index contributed by atoms with van der Waals surface area (Å²) in [7, 11) is 0. The third-order valence-electron chi connectivity index (χ3n) is 6.20. The molecule has 0 N–H and O–H groups in total. The van der Waals surface area contributed by atoms with Crippen LogP contribution in [0.25, 0.3) is 11.1 Å². The Bertz CT molecular complexity index is 826. The number of rotatable bonds is 1. The molecule has 0 heterocycles. The average Bonchev–Trinajstić information content (AvgIpc) is 2.67. The van der Waals surface area contributed by atoms with Gasteiger partial charge in [0, 0.05) is 0 Å². The summed E-state index contributed by atoms with van der Waals surface area (Å²) in [4.78, 5) is 0. The van der Waals surface area contributed by atoms with Crippen molar-refractivity contribution in [1.29, 1.82) is 0 Å². The summed E-state index contributed by atoms with van der Waals surface area (Å²) in [6, 6.07) is 7.18. The largest absolute Gasteiger partial charge is 0.0842 e. The average molecular weight is 312 g/mol. The number of hydrogen-bond donors (Lipinski definition) is 0. The Labute approximate surface area is 145 Å². The molecule has 0 spiro atoms. The van der Waals surface area contributed by atoms with Gasteiger partial charge in [-0.25, -0.2) is 0 Å². The second-order valence-corrected chi connectivity index (χ2v) is 7.61. The van der Waals surface area contributed by atoms with Crippen molar-refractivity contribution in [3.63, 3.8) is 0 Å². The van der Waals surface area contributed by atoms with E-state index >= 15 is 0 Å². The molecule has 5 rings (SSSR count). The maximum atomic E-state index is 2.46. The zero-order valence-corrected chi connectivity index (χ0v) is 14.2. The van der Waals surface area contributed by atoms with Gasteiger partial charge in [-0.2, -0.15) is 0 Å². The van der Waals surface area contributed by atoms with E-state index in [0.717, 1.165) is 11.8 Å². The Kier molecular flexibility index (Phi) is 3.43. The van der Waals surface area contributed by atoms with E-state index in [2.05, 4.69) is 60.7 Å². The first-order valence-electron chi connectivity index (χ1n) is 9.47. The van der Waals surface area contributed by atoms with Gasteiger partial charge in [0.2, 0.25) is 0 Å². The molecule has 0 bridgehead atoms. The second-order valence-electron chi connectivity index (χ2n) is 7.61. The van der Waals surface area contributed by atoms with Crippen LogP contribution in [0.3, 0.4) is 0 Å². The van der Waals surface area contributed by atoms with Crippen LogP contribution < -0.4 is 0 Å². The SMILES string of the molecule is C1=CCC2CCc3ccc(C4=CCC5CCC=CC5=C4)cc3C2=C1. The standard InChI is InChI=1S/C24H24/c1-2-7-20-15-21(13-9-17(20)5-1)22-14-12-19-11-10-18-6-3-4-8-23(18)24(19)16-22/h2-4,7-8,12-18H,1,5-6,9-11H2. The summed E-state index contributed by atoms with van der Waals surface area (Å²) < 4.78 is 0. The zero-order valence-electron chi connectivity index (χ0n) is 14.2. The van der Waals surface area contributed by atoms with Crippen molar-refractivity contribution in [2.24, 2.45) is 11.8 Å². The van der Waals surface area contributed by atoms with Gasteiger partial charge in [-0.05, 0) is 89.8 Å². The molecule has 0 aromatic heterocycles. The van der Waals surface area contributed by atoms with Crippen molar-refractivity contribution in [2.75, 3.05) is 0 Å². The first-order chi connectivity index (χ1) is 11.9. The van der Waals surface area contributed by atoms with Gasteiger partial charge in [-0.1, -0.05) is 54.7 Å². The molecule has 0 saturated carbocycles. The zero-order chi connectivity index (χ0) is 15.9. The van der Waals surface area contributed by atoms with Crippen LogP contribution in [-0.4, -0.2) is 0 Å². The van der Waals surface area contributed by atoms with Crippen LogP contribution in [0.4, 0.5) is 0 Å². The lowest BCUT2D eigenvalue weighted by molar-refractivity contribution is 0.567. The van der Waals surface area contributed by atoms with Crippen molar-refractivity contribution in [2.45, 2.75) is 38.5 Å². The van der Waals surface area contributed by atoms with E-state index in [0.29, 0.717) is 0 Å². The maximum Gasteiger partial charge on any atom is -0.0118 e. The molecule has 2 unspecified atom stereocenters. The Morgan fingerprint density at radius 3 is 2.96 bits per heavy atom. The molecule has 0 heteroatoms. The van der Waals surface area contributed by atoms with E-state index in [4.69, 9.17) is 0 Å². The van der Waals surface area contributed by atoms with Crippen LogP contribution in [-0.2, 0) is 6.42 Å². The Balaban J connectivity index is 1.55. The predicted molar refractivity (Wildman–Crippen MR) is 103 cm³/mol. The Hall–Kier alpha value is -2.08. The monoisotopic (exact) mass is 312 g/mol. The fourth-order valence-electron chi connectivity index (χ4n) is 4.78. The molecule has 0 radical (unpaired) electrons. The number of allylic oxidation sites excluding steroid dienone is 10. The van der Waals surface area contributed by atoms with Gasteiger partial charge in [0.15, 0.2) is 0 Å². The van der Waals surface area contributed by atoms with E-state index in [1.165, 1.54) is 66.4 Å². The molecular weight excluding hydrogens is 288 g/mol. The molecule has 1 aromatic carbocycles. The van der Waals surface area contributed by atoms with E-state index in [9.17, 15) is 0 Å². The lowest BCUT2D eigenvalue weighted by Gasteiger charge is -2.30.